The smallest absolute Gasteiger partial charge is 0.340 e. The lowest BCUT2D eigenvalue weighted by atomic mass is 10.0. The first-order valence-electron chi connectivity index (χ1n) is 10.5. The van der Waals surface area contributed by atoms with Crippen molar-refractivity contribution in [3.05, 3.63) is 77.5 Å². The molecule has 0 amide bonds. The molecule has 3 heterocycles. The lowest BCUT2D eigenvalue weighted by molar-refractivity contribution is 0.0483. The minimum Gasteiger partial charge on any atom is -0.462 e. The molecular formula is C24H25FN4O3. The summed E-state index contributed by atoms with van der Waals surface area (Å²) in [6.07, 6.45) is 4.14. The Morgan fingerprint density at radius 3 is 2.62 bits per heavy atom. The summed E-state index contributed by atoms with van der Waals surface area (Å²) >= 11 is 0. The van der Waals surface area contributed by atoms with Gasteiger partial charge in [0.05, 0.1) is 30.6 Å². The fourth-order valence-corrected chi connectivity index (χ4v) is 3.58. The number of esters is 1. The number of ether oxygens (including phenoxy) is 1. The zero-order valence-corrected chi connectivity index (χ0v) is 18.2. The summed E-state index contributed by atoms with van der Waals surface area (Å²) in [5.41, 5.74) is 3.01. The number of hydrogen-bond donors (Lipinski definition) is 1. The Hall–Kier alpha value is -3.52. The number of rotatable bonds is 7. The van der Waals surface area contributed by atoms with Crippen LogP contribution in [0.3, 0.4) is 0 Å². The van der Waals surface area contributed by atoms with Crippen molar-refractivity contribution in [2.24, 2.45) is 0 Å². The van der Waals surface area contributed by atoms with E-state index in [1.54, 1.807) is 42.9 Å². The van der Waals surface area contributed by atoms with E-state index >= 15 is 0 Å². The number of carbonyl (C=O) groups excluding carboxylic acids is 1. The van der Waals surface area contributed by atoms with E-state index in [4.69, 9.17) is 4.74 Å². The molecule has 1 aromatic carbocycles. The summed E-state index contributed by atoms with van der Waals surface area (Å²) in [7, 11) is 0. The molecule has 1 atom stereocenters. The molecule has 3 aromatic heterocycles. The predicted octanol–water partition coefficient (Wildman–Crippen LogP) is 4.18. The van der Waals surface area contributed by atoms with E-state index in [-0.39, 0.29) is 12.4 Å². The Labute approximate surface area is 185 Å². The molecule has 166 valence electrons. The second-order valence-electron chi connectivity index (χ2n) is 7.89. The number of carbonyl (C=O) groups is 1. The topological polar surface area (TPSA) is 81.6 Å². The number of pyridine rings is 1. The van der Waals surface area contributed by atoms with Gasteiger partial charge in [-0.3, -0.25) is 0 Å². The van der Waals surface area contributed by atoms with Crippen LogP contribution in [0.4, 0.5) is 4.39 Å². The lowest BCUT2D eigenvalue weighted by Gasteiger charge is -2.16. The van der Waals surface area contributed by atoms with Crippen molar-refractivity contribution in [3.63, 3.8) is 0 Å². The molecule has 0 saturated heterocycles. The molecule has 0 spiro atoms. The highest BCUT2D eigenvalue weighted by Crippen LogP contribution is 2.29. The van der Waals surface area contributed by atoms with E-state index in [2.05, 4.69) is 10.3 Å². The van der Waals surface area contributed by atoms with Gasteiger partial charge in [-0.05, 0) is 73.9 Å². The molecular weight excluding hydrogens is 411 g/mol. The number of hydrogen-bond acceptors (Lipinski definition) is 5. The van der Waals surface area contributed by atoms with Gasteiger partial charge in [0, 0.05) is 11.7 Å². The van der Waals surface area contributed by atoms with E-state index in [0.29, 0.717) is 35.5 Å². The Kier molecular flexibility index (Phi) is 5.80. The lowest BCUT2D eigenvalue weighted by Crippen LogP contribution is -2.20. The van der Waals surface area contributed by atoms with Gasteiger partial charge in [-0.1, -0.05) is 12.1 Å². The van der Waals surface area contributed by atoms with Gasteiger partial charge in [0.25, 0.3) is 0 Å². The molecule has 1 N–H and O–H groups in total. The van der Waals surface area contributed by atoms with E-state index in [1.807, 2.05) is 29.7 Å². The van der Waals surface area contributed by atoms with Crippen LogP contribution in [0, 0.1) is 5.82 Å². The minimum absolute atomic E-state index is 0.259. The van der Waals surface area contributed by atoms with Crippen molar-refractivity contribution in [3.8, 4) is 11.3 Å². The maximum Gasteiger partial charge on any atom is 0.340 e. The van der Waals surface area contributed by atoms with Gasteiger partial charge >= 0.3 is 5.97 Å². The molecule has 0 aliphatic heterocycles. The summed E-state index contributed by atoms with van der Waals surface area (Å²) in [6.45, 7) is 6.07. The Morgan fingerprint density at radius 2 is 1.94 bits per heavy atom. The molecule has 0 radical (unpaired) electrons. The average Bonchev–Trinajstić information content (AvgIpc) is 3.40. The average molecular weight is 436 g/mol. The SMILES string of the molecule is CCOC(=O)c1cc2cc(Cn3cc(C(C)(O)CC)nn3)ccn2c1-c1ccc(F)cc1. The molecule has 0 fully saturated rings. The second kappa shape index (κ2) is 8.55. The maximum absolute atomic E-state index is 13.5. The molecule has 1 unspecified atom stereocenters. The number of benzene rings is 1. The number of aromatic nitrogens is 4. The first-order chi connectivity index (χ1) is 15.3. The van der Waals surface area contributed by atoms with Crippen molar-refractivity contribution in [1.29, 1.82) is 0 Å². The predicted molar refractivity (Wildman–Crippen MR) is 118 cm³/mol. The van der Waals surface area contributed by atoms with Gasteiger partial charge in [-0.25, -0.2) is 13.9 Å². The van der Waals surface area contributed by atoms with Crippen LogP contribution in [0.1, 0.15) is 48.8 Å². The van der Waals surface area contributed by atoms with Gasteiger partial charge in [0.1, 0.15) is 17.1 Å². The van der Waals surface area contributed by atoms with Crippen molar-refractivity contribution in [2.75, 3.05) is 6.61 Å². The monoisotopic (exact) mass is 436 g/mol. The molecule has 0 bridgehead atoms. The normalized spacial score (nSPS) is 13.3. The fourth-order valence-electron chi connectivity index (χ4n) is 3.58. The van der Waals surface area contributed by atoms with Crippen molar-refractivity contribution < 1.29 is 19.0 Å². The van der Waals surface area contributed by atoms with Gasteiger partial charge < -0.3 is 14.2 Å². The van der Waals surface area contributed by atoms with Crippen molar-refractivity contribution in [2.45, 2.75) is 39.3 Å². The third kappa shape index (κ3) is 4.13. The molecule has 0 aliphatic carbocycles. The highest BCUT2D eigenvalue weighted by atomic mass is 19.1. The van der Waals surface area contributed by atoms with E-state index in [0.717, 1.165) is 11.1 Å². The standard InChI is InChI=1S/C24H25FN4O3/c1-4-24(3,31)21-15-28(27-26-21)14-16-10-11-29-19(12-16)13-20(23(30)32-5-2)22(29)17-6-8-18(25)9-7-17/h6-13,15,31H,4-5,14H2,1-3H3. The summed E-state index contributed by atoms with van der Waals surface area (Å²) in [4.78, 5) is 12.6. The van der Waals surface area contributed by atoms with Crippen LogP contribution in [-0.2, 0) is 16.9 Å². The first-order valence-corrected chi connectivity index (χ1v) is 10.5. The molecule has 7 nitrogen and oxygen atoms in total. The van der Waals surface area contributed by atoms with Crippen LogP contribution >= 0.6 is 0 Å². The van der Waals surface area contributed by atoms with Crippen LogP contribution < -0.4 is 0 Å². The summed E-state index contributed by atoms with van der Waals surface area (Å²) in [5.74, 6) is -0.774. The van der Waals surface area contributed by atoms with Gasteiger partial charge in [0.2, 0.25) is 0 Å². The zero-order valence-electron chi connectivity index (χ0n) is 18.2. The quantitative estimate of drug-likeness (QED) is 0.440. The highest BCUT2D eigenvalue weighted by molar-refractivity contribution is 5.99. The number of aliphatic hydroxyl groups is 1. The highest BCUT2D eigenvalue weighted by Gasteiger charge is 2.24. The molecule has 0 saturated carbocycles. The van der Waals surface area contributed by atoms with Crippen molar-refractivity contribution in [1.82, 2.24) is 19.4 Å². The van der Waals surface area contributed by atoms with Gasteiger partial charge in [-0.2, -0.15) is 0 Å². The van der Waals surface area contributed by atoms with E-state index < -0.39 is 11.6 Å². The Bertz CT molecular complexity index is 1260. The molecule has 8 heteroatoms. The maximum atomic E-state index is 13.5. The van der Waals surface area contributed by atoms with Crippen molar-refractivity contribution >= 4 is 11.5 Å². The molecule has 32 heavy (non-hydrogen) atoms. The zero-order chi connectivity index (χ0) is 22.9. The number of nitrogens with zero attached hydrogens (tertiary/aromatic N) is 4. The largest absolute Gasteiger partial charge is 0.462 e. The first kappa shape index (κ1) is 21.7. The van der Waals surface area contributed by atoms with Crippen LogP contribution in [0.5, 0.6) is 0 Å². The Morgan fingerprint density at radius 1 is 1.19 bits per heavy atom. The van der Waals surface area contributed by atoms with Crippen LogP contribution in [0.15, 0.2) is 54.9 Å². The third-order valence-corrected chi connectivity index (χ3v) is 5.57. The fraction of sp³-hybridized carbons (Fsp3) is 0.292. The van der Waals surface area contributed by atoms with Crippen LogP contribution in [0.2, 0.25) is 0 Å². The minimum atomic E-state index is -1.03. The summed E-state index contributed by atoms with van der Waals surface area (Å²) in [6, 6.07) is 11.7. The Balaban J connectivity index is 1.73. The number of fused-ring (bicyclic) bond motifs is 1. The summed E-state index contributed by atoms with van der Waals surface area (Å²) < 4.78 is 22.2. The molecule has 4 aromatic rings. The third-order valence-electron chi connectivity index (χ3n) is 5.57. The molecule has 4 rings (SSSR count). The van der Waals surface area contributed by atoms with E-state index in [1.165, 1.54) is 12.1 Å². The van der Waals surface area contributed by atoms with Gasteiger partial charge in [0.15, 0.2) is 0 Å². The van der Waals surface area contributed by atoms with Crippen LogP contribution in [0.25, 0.3) is 16.8 Å². The molecule has 0 aliphatic rings. The van der Waals surface area contributed by atoms with E-state index in [9.17, 15) is 14.3 Å². The second-order valence-corrected chi connectivity index (χ2v) is 7.89. The van der Waals surface area contributed by atoms with Gasteiger partial charge in [-0.15, -0.1) is 5.10 Å². The number of halogens is 1. The van der Waals surface area contributed by atoms with Crippen LogP contribution in [-0.4, -0.2) is 37.1 Å². The summed E-state index contributed by atoms with van der Waals surface area (Å²) in [5, 5.41) is 18.6.